The molecule has 3 heterocycles. The molecule has 27 heavy (non-hydrogen) atoms. The van der Waals surface area contributed by atoms with Crippen LogP contribution in [-0.2, 0) is 13.0 Å². The van der Waals surface area contributed by atoms with Gasteiger partial charge in [-0.05, 0) is 37.6 Å². The first-order valence-electron chi connectivity index (χ1n) is 8.76. The molecule has 0 atom stereocenters. The van der Waals surface area contributed by atoms with E-state index in [2.05, 4.69) is 25.6 Å². The van der Waals surface area contributed by atoms with Gasteiger partial charge in [0, 0.05) is 38.1 Å². The van der Waals surface area contributed by atoms with Crippen LogP contribution in [0.25, 0.3) is 5.82 Å². The van der Waals surface area contributed by atoms with E-state index in [1.165, 1.54) is 0 Å². The highest BCUT2D eigenvalue weighted by molar-refractivity contribution is 14.0. The lowest BCUT2D eigenvalue weighted by molar-refractivity contribution is 0.507. The number of pyridine rings is 1. The molecule has 0 aliphatic heterocycles. The number of halogens is 1. The van der Waals surface area contributed by atoms with Gasteiger partial charge in [0.15, 0.2) is 5.96 Å². The number of nitrogens with one attached hydrogen (secondary N) is 2. The number of nitrogens with zero attached hydrogens (tertiary/aromatic N) is 4. The summed E-state index contributed by atoms with van der Waals surface area (Å²) in [6, 6.07) is 7.89. The van der Waals surface area contributed by atoms with E-state index in [1.54, 1.807) is 12.5 Å². The van der Waals surface area contributed by atoms with Crippen LogP contribution in [0.3, 0.4) is 0 Å². The summed E-state index contributed by atoms with van der Waals surface area (Å²) in [7, 11) is 0. The Morgan fingerprint density at radius 2 is 2.11 bits per heavy atom. The summed E-state index contributed by atoms with van der Waals surface area (Å²) >= 11 is 0. The van der Waals surface area contributed by atoms with Gasteiger partial charge in [-0.25, -0.2) is 15.0 Å². The lowest BCUT2D eigenvalue weighted by Crippen LogP contribution is -2.38. The smallest absolute Gasteiger partial charge is 0.191 e. The minimum atomic E-state index is 0. The van der Waals surface area contributed by atoms with Crippen LogP contribution in [0.2, 0.25) is 0 Å². The first kappa shape index (κ1) is 20.9. The number of aliphatic imine (C=N–C) groups is 1. The molecule has 144 valence electrons. The largest absolute Gasteiger partial charge is 0.469 e. The molecule has 0 spiro atoms. The Morgan fingerprint density at radius 1 is 1.22 bits per heavy atom. The van der Waals surface area contributed by atoms with Crippen molar-refractivity contribution in [1.82, 2.24) is 25.2 Å². The van der Waals surface area contributed by atoms with E-state index in [-0.39, 0.29) is 24.0 Å². The average Bonchev–Trinajstić information content (AvgIpc) is 3.32. The molecule has 0 fully saturated rings. The molecule has 8 heteroatoms. The molecule has 3 rings (SSSR count). The molecule has 0 bridgehead atoms. The number of hydrogen-bond acceptors (Lipinski definition) is 4. The molecule has 2 N–H and O–H groups in total. The number of hydrogen-bond donors (Lipinski definition) is 2. The third-order valence-electron chi connectivity index (χ3n) is 3.89. The Hall–Kier alpha value is -2.36. The van der Waals surface area contributed by atoms with Crippen LogP contribution in [0.1, 0.15) is 24.1 Å². The first-order valence-corrected chi connectivity index (χ1v) is 8.76. The van der Waals surface area contributed by atoms with E-state index in [4.69, 9.17) is 4.42 Å². The van der Waals surface area contributed by atoms with E-state index in [0.717, 1.165) is 48.4 Å². The second-order valence-electron chi connectivity index (χ2n) is 5.82. The fourth-order valence-electron chi connectivity index (χ4n) is 2.54. The van der Waals surface area contributed by atoms with Gasteiger partial charge in [0.1, 0.15) is 17.4 Å². The lowest BCUT2D eigenvalue weighted by Gasteiger charge is -2.11. The van der Waals surface area contributed by atoms with Gasteiger partial charge in [-0.2, -0.15) is 0 Å². The van der Waals surface area contributed by atoms with Crippen LogP contribution in [0, 0.1) is 6.92 Å². The third kappa shape index (κ3) is 6.09. The maximum Gasteiger partial charge on any atom is 0.191 e. The highest BCUT2D eigenvalue weighted by Gasteiger charge is 2.03. The summed E-state index contributed by atoms with van der Waals surface area (Å²) in [4.78, 5) is 13.3. The Labute approximate surface area is 176 Å². The van der Waals surface area contributed by atoms with Gasteiger partial charge in [-0.1, -0.05) is 6.07 Å². The Balaban J connectivity index is 0.00000261. The fraction of sp³-hybridized carbons (Fsp3) is 0.316. The SMILES string of the molecule is CCNC(=NCc1ccc(-n2ccnc2C)nc1)NCCc1ccco1.I. The highest BCUT2D eigenvalue weighted by Crippen LogP contribution is 2.09. The first-order chi connectivity index (χ1) is 12.8. The van der Waals surface area contributed by atoms with E-state index < -0.39 is 0 Å². The number of aryl methyl sites for hydroxylation is 1. The Kier molecular flexibility index (Phi) is 8.31. The molecule has 0 aromatic carbocycles. The van der Waals surface area contributed by atoms with Crippen LogP contribution in [0.5, 0.6) is 0 Å². The molecule has 0 saturated carbocycles. The average molecular weight is 480 g/mol. The zero-order chi connectivity index (χ0) is 18.2. The summed E-state index contributed by atoms with van der Waals surface area (Å²) in [6.07, 6.45) is 8.03. The van der Waals surface area contributed by atoms with Gasteiger partial charge in [-0.15, -0.1) is 24.0 Å². The minimum absolute atomic E-state index is 0. The van der Waals surface area contributed by atoms with Crippen molar-refractivity contribution >= 4 is 29.9 Å². The van der Waals surface area contributed by atoms with Gasteiger partial charge < -0.3 is 15.1 Å². The van der Waals surface area contributed by atoms with Crippen molar-refractivity contribution in [3.05, 3.63) is 66.3 Å². The fourth-order valence-corrected chi connectivity index (χ4v) is 2.54. The molecule has 3 aromatic rings. The second kappa shape index (κ2) is 10.7. The van der Waals surface area contributed by atoms with Gasteiger partial charge in [0.2, 0.25) is 0 Å². The predicted molar refractivity (Wildman–Crippen MR) is 117 cm³/mol. The van der Waals surface area contributed by atoms with Crippen molar-refractivity contribution in [1.29, 1.82) is 0 Å². The minimum Gasteiger partial charge on any atom is -0.469 e. The van der Waals surface area contributed by atoms with Gasteiger partial charge >= 0.3 is 0 Å². The van der Waals surface area contributed by atoms with Crippen LogP contribution in [0.4, 0.5) is 0 Å². The molecule has 7 nitrogen and oxygen atoms in total. The van der Waals surface area contributed by atoms with E-state index in [9.17, 15) is 0 Å². The third-order valence-corrected chi connectivity index (χ3v) is 3.89. The number of furan rings is 1. The number of rotatable bonds is 7. The van der Waals surface area contributed by atoms with E-state index >= 15 is 0 Å². The van der Waals surface area contributed by atoms with Crippen molar-refractivity contribution in [3.63, 3.8) is 0 Å². The van der Waals surface area contributed by atoms with Crippen LogP contribution >= 0.6 is 24.0 Å². The quantitative estimate of drug-likeness (QED) is 0.309. The maximum atomic E-state index is 5.34. The summed E-state index contributed by atoms with van der Waals surface area (Å²) in [5, 5.41) is 6.57. The molecule has 0 aliphatic rings. The molecule has 0 unspecified atom stereocenters. The molecular formula is C19H25IN6O. The summed E-state index contributed by atoms with van der Waals surface area (Å²) in [5.74, 6) is 3.52. The van der Waals surface area contributed by atoms with E-state index in [1.807, 2.05) is 55.1 Å². The normalized spacial score (nSPS) is 11.1. The Bertz CT molecular complexity index is 826. The molecule has 3 aromatic heterocycles. The number of aromatic nitrogens is 3. The predicted octanol–water partition coefficient (Wildman–Crippen LogP) is 3.08. The standard InChI is InChI=1S/C19H24N6O.HI/c1-3-20-19(22-9-8-17-5-4-12-26-17)24-14-16-6-7-18(23-13-16)25-11-10-21-15(25)2;/h4-7,10-13H,3,8-9,14H2,1-2H3,(H2,20,22,24);1H. The zero-order valence-corrected chi connectivity index (χ0v) is 17.9. The number of imidazole rings is 1. The van der Waals surface area contributed by atoms with Crippen LogP contribution < -0.4 is 10.6 Å². The van der Waals surface area contributed by atoms with Gasteiger partial charge in [0.25, 0.3) is 0 Å². The van der Waals surface area contributed by atoms with Gasteiger partial charge in [-0.3, -0.25) is 4.57 Å². The number of guanidine groups is 1. The Morgan fingerprint density at radius 3 is 2.74 bits per heavy atom. The lowest BCUT2D eigenvalue weighted by atomic mass is 10.3. The molecule has 0 radical (unpaired) electrons. The topological polar surface area (TPSA) is 80.3 Å². The molecule has 0 saturated heterocycles. The van der Waals surface area contributed by atoms with Crippen molar-refractivity contribution < 1.29 is 4.42 Å². The summed E-state index contributed by atoms with van der Waals surface area (Å²) in [6.45, 7) is 6.14. The second-order valence-corrected chi connectivity index (χ2v) is 5.82. The van der Waals surface area contributed by atoms with Gasteiger partial charge in [0.05, 0.1) is 12.8 Å². The maximum absolute atomic E-state index is 5.34. The molecule has 0 amide bonds. The summed E-state index contributed by atoms with van der Waals surface area (Å²) in [5.41, 5.74) is 1.05. The van der Waals surface area contributed by atoms with Crippen molar-refractivity contribution in [2.24, 2.45) is 4.99 Å². The van der Waals surface area contributed by atoms with Crippen LogP contribution in [-0.4, -0.2) is 33.6 Å². The highest BCUT2D eigenvalue weighted by atomic mass is 127. The van der Waals surface area contributed by atoms with Crippen molar-refractivity contribution in [3.8, 4) is 5.82 Å². The molecular weight excluding hydrogens is 455 g/mol. The van der Waals surface area contributed by atoms with E-state index in [0.29, 0.717) is 6.54 Å². The monoisotopic (exact) mass is 480 g/mol. The summed E-state index contributed by atoms with van der Waals surface area (Å²) < 4.78 is 7.29. The molecule has 0 aliphatic carbocycles. The van der Waals surface area contributed by atoms with Crippen molar-refractivity contribution in [2.45, 2.75) is 26.8 Å². The van der Waals surface area contributed by atoms with Crippen LogP contribution in [0.15, 0.2) is 58.5 Å². The zero-order valence-electron chi connectivity index (χ0n) is 15.6. The van der Waals surface area contributed by atoms with Crippen molar-refractivity contribution in [2.75, 3.05) is 13.1 Å².